The summed E-state index contributed by atoms with van der Waals surface area (Å²) in [5.74, 6) is 0.746. The number of aromatic nitrogens is 5. The van der Waals surface area contributed by atoms with Crippen LogP contribution in [0.3, 0.4) is 0 Å². The van der Waals surface area contributed by atoms with Crippen molar-refractivity contribution in [3.8, 4) is 5.82 Å². The highest BCUT2D eigenvalue weighted by Gasteiger charge is 2.34. The van der Waals surface area contributed by atoms with Crippen LogP contribution in [0.2, 0.25) is 5.02 Å². The summed E-state index contributed by atoms with van der Waals surface area (Å²) in [5.41, 5.74) is -1.16. The Hall–Kier alpha value is -2.73. The number of carbonyl (C=O) groups excluding carboxylic acids is 1. The molecule has 8 nitrogen and oxygen atoms in total. The number of nitrogens with zero attached hydrogens (tertiary/aromatic N) is 5. The number of urea groups is 1. The molecule has 1 aromatic carbocycles. The second kappa shape index (κ2) is 8.33. The fourth-order valence-corrected chi connectivity index (χ4v) is 3.25. The Morgan fingerprint density at radius 1 is 1.28 bits per heavy atom. The molecule has 0 fully saturated rings. The van der Waals surface area contributed by atoms with Crippen molar-refractivity contribution in [1.29, 1.82) is 0 Å². The van der Waals surface area contributed by atoms with Gasteiger partial charge in [-0.25, -0.2) is 14.8 Å². The first-order valence-electron chi connectivity index (χ1n) is 7.97. The van der Waals surface area contributed by atoms with Crippen LogP contribution in [0, 0.1) is 0 Å². The Labute approximate surface area is 175 Å². The minimum Gasteiger partial charge on any atom is -0.328 e. The van der Waals surface area contributed by atoms with E-state index in [1.807, 2.05) is 0 Å². The van der Waals surface area contributed by atoms with Gasteiger partial charge in [0.2, 0.25) is 0 Å². The van der Waals surface area contributed by atoms with E-state index >= 15 is 0 Å². The summed E-state index contributed by atoms with van der Waals surface area (Å²) in [4.78, 5) is 24.5. The minimum atomic E-state index is -4.66. The van der Waals surface area contributed by atoms with E-state index in [1.165, 1.54) is 29.6 Å². The molecule has 0 saturated carbocycles. The van der Waals surface area contributed by atoms with Gasteiger partial charge in [0, 0.05) is 16.9 Å². The first-order valence-corrected chi connectivity index (χ1v) is 9.14. The molecule has 0 aliphatic carbocycles. The minimum absolute atomic E-state index is 0.0955. The van der Waals surface area contributed by atoms with Gasteiger partial charge in [0.25, 0.3) is 0 Å². The molecule has 2 amide bonds. The fourth-order valence-electron chi connectivity index (χ4n) is 2.40. The molecule has 2 N–H and O–H groups in total. The largest absolute Gasteiger partial charge is 0.417 e. The van der Waals surface area contributed by atoms with Gasteiger partial charge in [-0.15, -0.1) is 0 Å². The molecule has 152 valence electrons. The molecule has 0 bridgehead atoms. The fraction of sp³-hybridized carbons (Fsp3) is 0.188. The van der Waals surface area contributed by atoms with Crippen molar-refractivity contribution in [3.05, 3.63) is 57.9 Å². The number of alkyl halides is 3. The van der Waals surface area contributed by atoms with Gasteiger partial charge < -0.3 is 10.6 Å². The molecule has 0 spiro atoms. The Morgan fingerprint density at radius 2 is 2.03 bits per heavy atom. The van der Waals surface area contributed by atoms with Gasteiger partial charge in [0.15, 0.2) is 11.6 Å². The van der Waals surface area contributed by atoms with Crippen molar-refractivity contribution < 1.29 is 18.0 Å². The van der Waals surface area contributed by atoms with E-state index < -0.39 is 28.8 Å². The third kappa shape index (κ3) is 4.82. The lowest BCUT2D eigenvalue weighted by Gasteiger charge is -2.17. The number of hydrogen-bond donors (Lipinski definition) is 2. The number of hydrogen-bond acceptors (Lipinski definition) is 5. The van der Waals surface area contributed by atoms with Crippen molar-refractivity contribution in [2.45, 2.75) is 19.1 Å². The Kier molecular flexibility index (Phi) is 6.03. The number of rotatable bonds is 4. The molecule has 13 heteroatoms. The molecule has 0 aliphatic heterocycles. The number of amides is 2. The summed E-state index contributed by atoms with van der Waals surface area (Å²) >= 11 is 8.73. The molecular formula is C16H12BrClF3N7O. The van der Waals surface area contributed by atoms with Crippen molar-refractivity contribution in [2.75, 3.05) is 5.32 Å². The highest BCUT2D eigenvalue weighted by molar-refractivity contribution is 9.10. The summed E-state index contributed by atoms with van der Waals surface area (Å²) in [5, 5.41) is 8.51. The summed E-state index contributed by atoms with van der Waals surface area (Å²) < 4.78 is 40.7. The predicted molar refractivity (Wildman–Crippen MR) is 102 cm³/mol. The highest BCUT2D eigenvalue weighted by Crippen LogP contribution is 2.39. The van der Waals surface area contributed by atoms with Crippen molar-refractivity contribution in [1.82, 2.24) is 30.0 Å². The van der Waals surface area contributed by atoms with E-state index in [2.05, 4.69) is 46.6 Å². The van der Waals surface area contributed by atoms with Crippen LogP contribution in [0.4, 0.5) is 23.7 Å². The first-order chi connectivity index (χ1) is 13.7. The van der Waals surface area contributed by atoms with E-state index in [9.17, 15) is 18.0 Å². The maximum absolute atomic E-state index is 13.0. The lowest BCUT2D eigenvalue weighted by molar-refractivity contribution is -0.137. The van der Waals surface area contributed by atoms with Gasteiger partial charge in [0.1, 0.15) is 6.33 Å². The van der Waals surface area contributed by atoms with Gasteiger partial charge in [-0.05, 0) is 35.0 Å². The Balaban J connectivity index is 1.77. The molecule has 29 heavy (non-hydrogen) atoms. The van der Waals surface area contributed by atoms with E-state index in [0.717, 1.165) is 12.1 Å². The zero-order chi connectivity index (χ0) is 21.2. The molecule has 3 aromatic rings. The average Bonchev–Trinajstić information content (AvgIpc) is 3.13. The lowest BCUT2D eigenvalue weighted by Crippen LogP contribution is -2.33. The monoisotopic (exact) mass is 489 g/mol. The number of nitrogens with one attached hydrogen (secondary N) is 2. The Bertz CT molecular complexity index is 1030. The van der Waals surface area contributed by atoms with Crippen LogP contribution in [0.1, 0.15) is 24.4 Å². The van der Waals surface area contributed by atoms with Gasteiger partial charge >= 0.3 is 12.2 Å². The first kappa shape index (κ1) is 21.0. The lowest BCUT2D eigenvalue weighted by atomic mass is 10.2. The molecule has 1 atom stereocenters. The summed E-state index contributed by atoms with van der Waals surface area (Å²) in [6, 6.07) is 0.419. The van der Waals surface area contributed by atoms with E-state index in [4.69, 9.17) is 11.6 Å². The van der Waals surface area contributed by atoms with Crippen LogP contribution in [0.15, 0.2) is 41.5 Å². The molecule has 0 saturated heterocycles. The molecular weight excluding hydrogens is 479 g/mol. The quantitative estimate of drug-likeness (QED) is 0.566. The van der Waals surface area contributed by atoms with Crippen molar-refractivity contribution >= 4 is 39.2 Å². The molecule has 2 aromatic heterocycles. The summed E-state index contributed by atoms with van der Waals surface area (Å²) in [6.07, 6.45) is 1.06. The molecule has 0 aliphatic rings. The topological polar surface area (TPSA) is 97.6 Å². The van der Waals surface area contributed by atoms with Crippen molar-refractivity contribution in [2.24, 2.45) is 0 Å². The Morgan fingerprint density at radius 3 is 2.69 bits per heavy atom. The van der Waals surface area contributed by atoms with E-state index in [0.29, 0.717) is 11.6 Å². The molecule has 0 radical (unpaired) electrons. The van der Waals surface area contributed by atoms with Gasteiger partial charge in [-0.1, -0.05) is 11.6 Å². The van der Waals surface area contributed by atoms with Crippen LogP contribution in [-0.4, -0.2) is 30.8 Å². The van der Waals surface area contributed by atoms with Gasteiger partial charge in [-0.2, -0.15) is 23.0 Å². The number of benzene rings is 1. The second-order valence-electron chi connectivity index (χ2n) is 5.72. The maximum atomic E-state index is 13.0. The molecule has 1 unspecified atom stereocenters. The van der Waals surface area contributed by atoms with Crippen LogP contribution in [-0.2, 0) is 6.18 Å². The normalized spacial score (nSPS) is 12.5. The molecule has 3 rings (SSSR count). The zero-order valence-corrected chi connectivity index (χ0v) is 16.9. The van der Waals surface area contributed by atoms with Crippen LogP contribution in [0.25, 0.3) is 5.82 Å². The molecule has 2 heterocycles. The highest BCUT2D eigenvalue weighted by atomic mass is 79.9. The smallest absolute Gasteiger partial charge is 0.328 e. The average molecular weight is 491 g/mol. The van der Waals surface area contributed by atoms with E-state index in [1.54, 1.807) is 6.92 Å². The summed E-state index contributed by atoms with van der Waals surface area (Å²) in [7, 11) is 0. The van der Waals surface area contributed by atoms with Gasteiger partial charge in [0.05, 0.1) is 28.5 Å². The maximum Gasteiger partial charge on any atom is 0.417 e. The third-order valence-corrected chi connectivity index (χ3v) is 4.65. The van der Waals surface area contributed by atoms with Gasteiger partial charge in [-0.3, -0.25) is 4.98 Å². The van der Waals surface area contributed by atoms with Crippen LogP contribution < -0.4 is 10.6 Å². The zero-order valence-electron chi connectivity index (χ0n) is 14.6. The number of halogens is 5. The SMILES string of the molecule is CC(NC(=O)Nc1cc(C(F)(F)F)c(Cl)cc1Br)c1ncnn1-c1cnccn1. The third-order valence-electron chi connectivity index (χ3n) is 3.69. The van der Waals surface area contributed by atoms with Crippen molar-refractivity contribution in [3.63, 3.8) is 0 Å². The number of carbonyl (C=O) groups is 1. The van der Waals surface area contributed by atoms with Crippen LogP contribution in [0.5, 0.6) is 0 Å². The summed E-state index contributed by atoms with van der Waals surface area (Å²) in [6.45, 7) is 1.63. The second-order valence-corrected chi connectivity index (χ2v) is 6.98. The predicted octanol–water partition coefficient (Wildman–Crippen LogP) is 4.37. The van der Waals surface area contributed by atoms with Crippen LogP contribution >= 0.6 is 27.5 Å². The standard InChI is InChI=1S/C16H12BrClF3N7O/c1-8(14-24-7-25-28(14)13-6-22-2-3-23-13)26-15(29)27-12-4-9(16(19,20)21)11(18)5-10(12)17/h2-8H,1H3,(H2,26,27,29). The number of anilines is 1. The van der Waals surface area contributed by atoms with E-state index in [-0.39, 0.29) is 10.2 Å².